The number of methoxy groups -OCH3 is 1. The van der Waals surface area contributed by atoms with Crippen LogP contribution in [0, 0.1) is 0 Å². The zero-order chi connectivity index (χ0) is 26.3. The summed E-state index contributed by atoms with van der Waals surface area (Å²) in [6.45, 7) is 0.674. The molecule has 1 aliphatic rings. The molecule has 1 fully saturated rings. The van der Waals surface area contributed by atoms with Crippen molar-refractivity contribution in [1.82, 2.24) is 10.3 Å². The van der Waals surface area contributed by atoms with Gasteiger partial charge in [-0.15, -0.1) is 0 Å². The lowest BCUT2D eigenvalue weighted by molar-refractivity contribution is -0.0196. The van der Waals surface area contributed by atoms with Crippen LogP contribution >= 0.6 is 23.2 Å². The van der Waals surface area contributed by atoms with Gasteiger partial charge in [0.2, 0.25) is 5.88 Å². The molecule has 3 unspecified atom stereocenters. The molecule has 3 atom stereocenters. The van der Waals surface area contributed by atoms with Gasteiger partial charge in [0.25, 0.3) is 0 Å². The van der Waals surface area contributed by atoms with E-state index in [9.17, 15) is 5.11 Å². The summed E-state index contributed by atoms with van der Waals surface area (Å²) in [6.07, 6.45) is 1.09. The van der Waals surface area contributed by atoms with E-state index < -0.39 is 11.5 Å². The topological polar surface area (TPSA) is 54.4 Å². The molecule has 1 aromatic heterocycles. The molecule has 0 aliphatic carbocycles. The summed E-state index contributed by atoms with van der Waals surface area (Å²) in [5.74, 6) is 0.102. The standard InChI is InChI=1S/C32H28Cl2N2O2.CH4/c1-38-31-27(18-24-17-26(34)12-13-28(24)36-31)30(21-8-10-25(33)11-9-21)32(37)14-15-35-29(19-32)23-7-6-20-4-2-3-5-22(20)16-23;/h2-13,16-18,29-30,35,37H,14-15,19H2,1H3;1H4. The van der Waals surface area contributed by atoms with E-state index in [1.165, 1.54) is 10.8 Å². The van der Waals surface area contributed by atoms with Crippen LogP contribution in [0.25, 0.3) is 21.7 Å². The van der Waals surface area contributed by atoms with Gasteiger partial charge < -0.3 is 15.2 Å². The molecule has 0 saturated carbocycles. The van der Waals surface area contributed by atoms with E-state index in [0.29, 0.717) is 35.3 Å². The van der Waals surface area contributed by atoms with Gasteiger partial charge in [-0.25, -0.2) is 4.98 Å². The third-order valence-corrected chi connectivity index (χ3v) is 8.18. The molecular formula is C33H32Cl2N2O2. The molecule has 39 heavy (non-hydrogen) atoms. The summed E-state index contributed by atoms with van der Waals surface area (Å²) < 4.78 is 5.81. The van der Waals surface area contributed by atoms with Crippen molar-refractivity contribution >= 4 is 44.9 Å². The Morgan fingerprint density at radius 3 is 2.41 bits per heavy atom. The molecule has 4 aromatic carbocycles. The lowest BCUT2D eigenvalue weighted by Gasteiger charge is -2.43. The van der Waals surface area contributed by atoms with Crippen LogP contribution in [0.3, 0.4) is 0 Å². The van der Waals surface area contributed by atoms with Crippen LogP contribution in [-0.2, 0) is 0 Å². The number of nitrogens with zero attached hydrogens (tertiary/aromatic N) is 1. The zero-order valence-corrected chi connectivity index (χ0v) is 22.5. The summed E-state index contributed by atoms with van der Waals surface area (Å²) >= 11 is 12.6. The monoisotopic (exact) mass is 558 g/mol. The van der Waals surface area contributed by atoms with Gasteiger partial charge in [0.1, 0.15) is 0 Å². The summed E-state index contributed by atoms with van der Waals surface area (Å²) in [5, 5.41) is 20.7. The number of aromatic nitrogens is 1. The fraction of sp³-hybridized carbons (Fsp3) is 0.242. The highest BCUT2D eigenvalue weighted by atomic mass is 35.5. The fourth-order valence-corrected chi connectivity index (χ4v) is 6.17. The first-order valence-electron chi connectivity index (χ1n) is 12.8. The number of benzene rings is 4. The molecule has 0 bridgehead atoms. The Bertz CT molecular complexity index is 1620. The highest BCUT2D eigenvalue weighted by Gasteiger charge is 2.44. The minimum atomic E-state index is -1.07. The number of halogens is 2. The highest BCUT2D eigenvalue weighted by molar-refractivity contribution is 6.31. The Hall–Kier alpha value is -3.15. The smallest absolute Gasteiger partial charge is 0.217 e. The molecule has 0 radical (unpaired) electrons. The van der Waals surface area contributed by atoms with Crippen molar-refractivity contribution in [2.24, 2.45) is 0 Å². The lowest BCUT2D eigenvalue weighted by Crippen LogP contribution is -2.48. The summed E-state index contributed by atoms with van der Waals surface area (Å²) in [6, 6.07) is 30.2. The number of rotatable bonds is 5. The van der Waals surface area contributed by atoms with Crippen molar-refractivity contribution in [3.63, 3.8) is 0 Å². The van der Waals surface area contributed by atoms with Crippen molar-refractivity contribution < 1.29 is 9.84 Å². The molecule has 2 N–H and O–H groups in total. The average molecular weight is 560 g/mol. The van der Waals surface area contributed by atoms with E-state index in [1.807, 2.05) is 42.5 Å². The Morgan fingerprint density at radius 1 is 0.897 bits per heavy atom. The van der Waals surface area contributed by atoms with Crippen LogP contribution in [0.15, 0.2) is 91.0 Å². The Balaban J connectivity index is 0.00000308. The second kappa shape index (κ2) is 11.1. The maximum absolute atomic E-state index is 12.5. The predicted octanol–water partition coefficient (Wildman–Crippen LogP) is 8.33. The first-order valence-corrected chi connectivity index (χ1v) is 13.5. The SMILES string of the molecule is C.COc1nc2ccc(Cl)cc2cc1C(c1ccc(Cl)cc1)C1(O)CCNC(c2ccc3ccccc3c2)C1. The van der Waals surface area contributed by atoms with Gasteiger partial charge in [0, 0.05) is 33.0 Å². The molecule has 0 spiro atoms. The number of hydrogen-bond acceptors (Lipinski definition) is 4. The molecule has 1 aliphatic heterocycles. The highest BCUT2D eigenvalue weighted by Crippen LogP contribution is 2.47. The molecule has 4 nitrogen and oxygen atoms in total. The summed E-state index contributed by atoms with van der Waals surface area (Å²) in [7, 11) is 1.62. The zero-order valence-electron chi connectivity index (χ0n) is 21.0. The molecule has 6 heteroatoms. The number of aliphatic hydroxyl groups is 1. The maximum Gasteiger partial charge on any atom is 0.217 e. The normalized spacial score (nSPS) is 19.9. The van der Waals surface area contributed by atoms with Crippen LogP contribution in [-0.4, -0.2) is 29.3 Å². The van der Waals surface area contributed by atoms with Gasteiger partial charge in [0.15, 0.2) is 0 Å². The van der Waals surface area contributed by atoms with Gasteiger partial charge in [-0.05, 0) is 83.8 Å². The van der Waals surface area contributed by atoms with E-state index in [4.69, 9.17) is 32.9 Å². The molecule has 1 saturated heterocycles. The second-order valence-electron chi connectivity index (χ2n) is 10.1. The van der Waals surface area contributed by atoms with Gasteiger partial charge in [-0.2, -0.15) is 0 Å². The quantitative estimate of drug-likeness (QED) is 0.227. The third-order valence-electron chi connectivity index (χ3n) is 7.70. The van der Waals surface area contributed by atoms with E-state index >= 15 is 0 Å². The molecule has 5 aromatic rings. The number of pyridine rings is 1. The van der Waals surface area contributed by atoms with E-state index in [1.54, 1.807) is 7.11 Å². The van der Waals surface area contributed by atoms with E-state index in [2.05, 4.69) is 53.8 Å². The minimum absolute atomic E-state index is 0. The Kier molecular flexibility index (Phi) is 7.84. The van der Waals surface area contributed by atoms with Crippen molar-refractivity contribution in [2.45, 2.75) is 37.8 Å². The Labute approximate surface area is 239 Å². The van der Waals surface area contributed by atoms with Gasteiger partial charge >= 0.3 is 0 Å². The van der Waals surface area contributed by atoms with Crippen molar-refractivity contribution in [3.8, 4) is 5.88 Å². The van der Waals surface area contributed by atoms with Crippen LogP contribution in [0.5, 0.6) is 5.88 Å². The van der Waals surface area contributed by atoms with Gasteiger partial charge in [0.05, 0.1) is 18.2 Å². The molecule has 0 amide bonds. The third kappa shape index (κ3) is 5.35. The molecule has 6 rings (SSSR count). The van der Waals surface area contributed by atoms with Crippen molar-refractivity contribution in [3.05, 3.63) is 118 Å². The second-order valence-corrected chi connectivity index (χ2v) is 11.0. The maximum atomic E-state index is 12.5. The van der Waals surface area contributed by atoms with Crippen LogP contribution in [0.1, 0.15) is 48.9 Å². The first-order chi connectivity index (χ1) is 18.4. The average Bonchev–Trinajstić information content (AvgIpc) is 2.93. The first kappa shape index (κ1) is 27.4. The number of fused-ring (bicyclic) bond motifs is 2. The van der Waals surface area contributed by atoms with Gasteiger partial charge in [-0.1, -0.05) is 79.2 Å². The van der Waals surface area contributed by atoms with Crippen molar-refractivity contribution in [1.29, 1.82) is 0 Å². The van der Waals surface area contributed by atoms with E-state index in [-0.39, 0.29) is 13.5 Å². The summed E-state index contributed by atoms with van der Waals surface area (Å²) in [4.78, 5) is 4.80. The number of hydrogen-bond donors (Lipinski definition) is 2. The van der Waals surface area contributed by atoms with Gasteiger partial charge in [-0.3, -0.25) is 0 Å². The van der Waals surface area contributed by atoms with Crippen LogP contribution in [0.2, 0.25) is 10.0 Å². The largest absolute Gasteiger partial charge is 0.481 e. The molecule has 200 valence electrons. The van der Waals surface area contributed by atoms with Crippen LogP contribution < -0.4 is 10.1 Å². The van der Waals surface area contributed by atoms with E-state index in [0.717, 1.165) is 27.6 Å². The molecular weight excluding hydrogens is 527 g/mol. The molecule has 2 heterocycles. The number of piperidine rings is 1. The minimum Gasteiger partial charge on any atom is -0.481 e. The Morgan fingerprint density at radius 2 is 1.64 bits per heavy atom. The number of nitrogens with one attached hydrogen (secondary N) is 1. The predicted molar refractivity (Wildman–Crippen MR) is 162 cm³/mol. The number of ether oxygens (including phenoxy) is 1. The van der Waals surface area contributed by atoms with Crippen LogP contribution in [0.4, 0.5) is 0 Å². The van der Waals surface area contributed by atoms with Crippen molar-refractivity contribution in [2.75, 3.05) is 13.7 Å². The summed E-state index contributed by atoms with van der Waals surface area (Å²) in [5.41, 5.74) is 2.66. The lowest BCUT2D eigenvalue weighted by atomic mass is 9.70. The fourth-order valence-electron chi connectivity index (χ4n) is 5.86.